The standard InChI is InChI=1S/C35H43F4N3O9/c1-22(31(44)47-2)42-30(43)13-12-27-18-29(49-33(46)40-16-14-23-8-10-26(36)11-9-23)19-34(50-27)15-4-7-28(51-34)21-48-32(45)41-20-24-5-3-6-25(17-24)35(37,38)39/h3,5-6,8-11,17,22,27-29H,4,7,12-16,18-21H2,1-2H3,(H,40,46)(H,41,45)(H,42,43)/t22-,27+,28+,29+,34-/m0/s1. The van der Waals surface area contributed by atoms with E-state index in [0.717, 1.165) is 17.7 Å². The summed E-state index contributed by atoms with van der Waals surface area (Å²) in [6.07, 6.45) is -5.23. The summed E-state index contributed by atoms with van der Waals surface area (Å²) in [6, 6.07) is 9.65. The van der Waals surface area contributed by atoms with E-state index in [4.69, 9.17) is 18.9 Å². The number of carbonyl (C=O) groups excluding carboxylic acids is 4. The molecule has 2 fully saturated rings. The van der Waals surface area contributed by atoms with Crippen molar-refractivity contribution in [3.63, 3.8) is 0 Å². The summed E-state index contributed by atoms with van der Waals surface area (Å²) < 4.78 is 80.8. The minimum atomic E-state index is -4.51. The second-order valence-electron chi connectivity index (χ2n) is 12.6. The molecule has 2 saturated heterocycles. The number of esters is 1. The lowest BCUT2D eigenvalue weighted by Gasteiger charge is -2.47. The molecule has 4 rings (SSSR count). The molecule has 12 nitrogen and oxygen atoms in total. The first-order valence-electron chi connectivity index (χ1n) is 16.7. The molecule has 51 heavy (non-hydrogen) atoms. The average molecular weight is 726 g/mol. The SMILES string of the molecule is COC(=O)[C@H](C)NC(=O)CC[C@@H]1C[C@@H](OC(=O)NCCc2ccc(F)cc2)C[C@@]2(CCC[C@H](COC(=O)NCc3cccc(C(F)(F)F)c3)O2)O1. The number of halogens is 4. The van der Waals surface area contributed by atoms with Crippen molar-refractivity contribution in [2.24, 2.45) is 0 Å². The Kier molecular flexibility index (Phi) is 14.0. The van der Waals surface area contributed by atoms with Gasteiger partial charge in [-0.05, 0) is 68.0 Å². The summed E-state index contributed by atoms with van der Waals surface area (Å²) in [5.41, 5.74) is 0.244. The molecule has 0 bridgehead atoms. The summed E-state index contributed by atoms with van der Waals surface area (Å²) in [5, 5.41) is 7.71. The average Bonchev–Trinajstić information content (AvgIpc) is 3.09. The van der Waals surface area contributed by atoms with Gasteiger partial charge in [0.25, 0.3) is 0 Å². The number of benzene rings is 2. The normalized spacial score (nSPS) is 22.4. The smallest absolute Gasteiger partial charge is 0.416 e. The van der Waals surface area contributed by atoms with E-state index in [1.807, 2.05) is 0 Å². The summed E-state index contributed by atoms with van der Waals surface area (Å²) >= 11 is 0. The summed E-state index contributed by atoms with van der Waals surface area (Å²) in [5.74, 6) is -2.58. The molecule has 1 spiro atoms. The van der Waals surface area contributed by atoms with Gasteiger partial charge in [0.1, 0.15) is 24.6 Å². The molecule has 16 heteroatoms. The van der Waals surface area contributed by atoms with Gasteiger partial charge >= 0.3 is 24.3 Å². The van der Waals surface area contributed by atoms with Crippen LogP contribution in [0.3, 0.4) is 0 Å². The van der Waals surface area contributed by atoms with Crippen molar-refractivity contribution in [1.82, 2.24) is 16.0 Å². The lowest BCUT2D eigenvalue weighted by atomic mass is 9.90. The van der Waals surface area contributed by atoms with Crippen LogP contribution in [0.2, 0.25) is 0 Å². The number of hydrogen-bond donors (Lipinski definition) is 3. The van der Waals surface area contributed by atoms with Crippen LogP contribution in [0.4, 0.5) is 27.2 Å². The van der Waals surface area contributed by atoms with Crippen molar-refractivity contribution in [2.75, 3.05) is 20.3 Å². The Balaban J connectivity index is 1.33. The molecule has 2 aliphatic rings. The molecule has 3 amide bonds. The number of amides is 3. The van der Waals surface area contributed by atoms with E-state index in [9.17, 15) is 36.7 Å². The number of alkyl halides is 3. The highest BCUT2D eigenvalue weighted by atomic mass is 19.4. The number of methoxy groups -OCH3 is 1. The Morgan fingerprint density at radius 3 is 2.47 bits per heavy atom. The highest BCUT2D eigenvalue weighted by Gasteiger charge is 2.47. The van der Waals surface area contributed by atoms with Gasteiger partial charge < -0.3 is 39.6 Å². The van der Waals surface area contributed by atoms with E-state index in [2.05, 4.69) is 20.7 Å². The lowest BCUT2D eigenvalue weighted by Crippen LogP contribution is -2.54. The minimum Gasteiger partial charge on any atom is -0.467 e. The molecule has 0 aromatic heterocycles. The van der Waals surface area contributed by atoms with Gasteiger partial charge in [-0.1, -0.05) is 24.3 Å². The molecule has 3 N–H and O–H groups in total. The molecule has 2 heterocycles. The van der Waals surface area contributed by atoms with Crippen molar-refractivity contribution in [3.05, 3.63) is 71.0 Å². The van der Waals surface area contributed by atoms with E-state index < -0.39 is 65.9 Å². The molecule has 2 aromatic carbocycles. The molecule has 0 aliphatic carbocycles. The summed E-state index contributed by atoms with van der Waals surface area (Å²) in [7, 11) is 1.22. The maximum absolute atomic E-state index is 13.2. The Morgan fingerprint density at radius 1 is 1.00 bits per heavy atom. The molecule has 2 aliphatic heterocycles. The van der Waals surface area contributed by atoms with Crippen molar-refractivity contribution < 1.29 is 60.4 Å². The molecule has 2 aromatic rings. The Labute approximate surface area is 292 Å². The monoisotopic (exact) mass is 725 g/mol. The molecule has 280 valence electrons. The van der Waals surface area contributed by atoms with Crippen molar-refractivity contribution >= 4 is 24.1 Å². The summed E-state index contributed by atoms with van der Waals surface area (Å²) in [6.45, 7) is 1.39. The van der Waals surface area contributed by atoms with Crippen LogP contribution >= 0.6 is 0 Å². The van der Waals surface area contributed by atoms with Gasteiger partial charge in [-0.15, -0.1) is 0 Å². The maximum atomic E-state index is 13.2. The third kappa shape index (κ3) is 12.7. The first-order valence-corrected chi connectivity index (χ1v) is 16.7. The summed E-state index contributed by atoms with van der Waals surface area (Å²) in [4.78, 5) is 49.5. The van der Waals surface area contributed by atoms with E-state index in [0.29, 0.717) is 25.7 Å². The molecule has 0 unspecified atom stereocenters. The Hall–Kier alpha value is -4.44. The van der Waals surface area contributed by atoms with Gasteiger partial charge in [-0.25, -0.2) is 18.8 Å². The van der Waals surface area contributed by atoms with Crippen LogP contribution in [0.25, 0.3) is 0 Å². The van der Waals surface area contributed by atoms with Gasteiger partial charge in [0.15, 0.2) is 5.79 Å². The van der Waals surface area contributed by atoms with Crippen LogP contribution in [0.15, 0.2) is 48.5 Å². The molecular formula is C35H43F4N3O9. The van der Waals surface area contributed by atoms with Gasteiger partial charge in [0, 0.05) is 38.8 Å². The third-order valence-electron chi connectivity index (χ3n) is 8.50. The van der Waals surface area contributed by atoms with Crippen LogP contribution in [0.1, 0.15) is 68.6 Å². The number of hydrogen-bond acceptors (Lipinski definition) is 9. The third-order valence-corrected chi connectivity index (χ3v) is 8.50. The Morgan fingerprint density at radius 2 is 1.75 bits per heavy atom. The van der Waals surface area contributed by atoms with Crippen molar-refractivity contribution in [3.8, 4) is 0 Å². The zero-order valence-electron chi connectivity index (χ0n) is 28.4. The van der Waals surface area contributed by atoms with Gasteiger partial charge in [0.05, 0.1) is 24.9 Å². The first-order chi connectivity index (χ1) is 24.2. The van der Waals surface area contributed by atoms with Crippen LogP contribution in [-0.2, 0) is 52.4 Å². The predicted octanol–water partition coefficient (Wildman–Crippen LogP) is 5.31. The topological polar surface area (TPSA) is 151 Å². The van der Waals surface area contributed by atoms with Gasteiger partial charge in [-0.3, -0.25) is 4.79 Å². The van der Waals surface area contributed by atoms with Crippen LogP contribution in [0, 0.1) is 5.82 Å². The fraction of sp³-hybridized carbons (Fsp3) is 0.543. The largest absolute Gasteiger partial charge is 0.467 e. The molecule has 0 saturated carbocycles. The molecule has 0 radical (unpaired) electrons. The molecule has 5 atom stereocenters. The van der Waals surface area contributed by atoms with E-state index in [-0.39, 0.29) is 56.8 Å². The van der Waals surface area contributed by atoms with Gasteiger partial charge in [0.2, 0.25) is 5.91 Å². The predicted molar refractivity (Wildman–Crippen MR) is 172 cm³/mol. The van der Waals surface area contributed by atoms with Gasteiger partial charge in [-0.2, -0.15) is 13.2 Å². The van der Waals surface area contributed by atoms with Crippen molar-refractivity contribution in [1.29, 1.82) is 0 Å². The fourth-order valence-corrected chi connectivity index (χ4v) is 6.01. The quantitative estimate of drug-likeness (QED) is 0.142. The minimum absolute atomic E-state index is 0.00272. The number of ether oxygens (including phenoxy) is 5. The lowest BCUT2D eigenvalue weighted by molar-refractivity contribution is -0.329. The second-order valence-corrected chi connectivity index (χ2v) is 12.6. The van der Waals surface area contributed by atoms with E-state index in [1.54, 1.807) is 12.1 Å². The Bertz CT molecular complexity index is 1490. The van der Waals surface area contributed by atoms with E-state index in [1.165, 1.54) is 38.3 Å². The van der Waals surface area contributed by atoms with Crippen LogP contribution in [-0.4, -0.2) is 74.5 Å². The van der Waals surface area contributed by atoms with Crippen molar-refractivity contribution in [2.45, 2.75) is 101 Å². The van der Waals surface area contributed by atoms with Crippen LogP contribution < -0.4 is 16.0 Å². The highest BCUT2D eigenvalue weighted by Crippen LogP contribution is 2.41. The zero-order chi connectivity index (χ0) is 37.0. The first kappa shape index (κ1) is 39.3. The van der Waals surface area contributed by atoms with E-state index >= 15 is 0 Å². The second kappa shape index (κ2) is 18.2. The number of rotatable bonds is 13. The highest BCUT2D eigenvalue weighted by molar-refractivity contribution is 5.84. The maximum Gasteiger partial charge on any atom is 0.416 e. The van der Waals surface area contributed by atoms with Crippen LogP contribution in [0.5, 0.6) is 0 Å². The molecular weight excluding hydrogens is 682 g/mol. The number of nitrogens with one attached hydrogen (secondary N) is 3. The number of alkyl carbamates (subject to hydrolysis) is 2. The number of carbonyl (C=O) groups is 4. The zero-order valence-corrected chi connectivity index (χ0v) is 28.4. The fourth-order valence-electron chi connectivity index (χ4n) is 6.01.